The Kier molecular flexibility index (Phi) is 3.51. The predicted octanol–water partition coefficient (Wildman–Crippen LogP) is 1.61. The molecular formula is C10H11NO4. The average Bonchev–Trinajstić information content (AvgIpc) is 2.16. The van der Waals surface area contributed by atoms with E-state index in [4.69, 9.17) is 0 Å². The second kappa shape index (κ2) is 4.65. The molecule has 0 bridgehead atoms. The van der Waals surface area contributed by atoms with Gasteiger partial charge < -0.3 is 5.11 Å². The van der Waals surface area contributed by atoms with Gasteiger partial charge in [-0.25, -0.2) is 0 Å². The van der Waals surface area contributed by atoms with E-state index in [0.29, 0.717) is 0 Å². The van der Waals surface area contributed by atoms with Crippen LogP contribution in [-0.4, -0.2) is 15.8 Å². The summed E-state index contributed by atoms with van der Waals surface area (Å²) in [5, 5.41) is 20.2. The molecule has 1 aromatic rings. The maximum Gasteiger partial charge on any atom is 0.275 e. The second-order valence-electron chi connectivity index (χ2n) is 3.24. The monoisotopic (exact) mass is 209 g/mol. The van der Waals surface area contributed by atoms with Gasteiger partial charge in [0.05, 0.1) is 16.6 Å². The second-order valence-corrected chi connectivity index (χ2v) is 3.24. The Labute approximate surface area is 86.5 Å². The Morgan fingerprint density at radius 3 is 2.67 bits per heavy atom. The zero-order valence-corrected chi connectivity index (χ0v) is 8.21. The number of nitro groups is 1. The van der Waals surface area contributed by atoms with Crippen LogP contribution in [0.15, 0.2) is 24.3 Å². The van der Waals surface area contributed by atoms with Gasteiger partial charge in [0, 0.05) is 12.5 Å². The number of aliphatic hydroxyl groups is 1. The molecular weight excluding hydrogens is 198 g/mol. The SMILES string of the molecule is CC(=O)C[C@H](O)c1ccccc1[N+](=O)[O-]. The van der Waals surface area contributed by atoms with Crippen LogP contribution in [0.2, 0.25) is 0 Å². The number of rotatable bonds is 4. The summed E-state index contributed by atoms with van der Waals surface area (Å²) in [6.45, 7) is 1.33. The van der Waals surface area contributed by atoms with E-state index in [-0.39, 0.29) is 23.5 Å². The third-order valence-corrected chi connectivity index (χ3v) is 1.97. The van der Waals surface area contributed by atoms with Gasteiger partial charge in [-0.2, -0.15) is 0 Å². The summed E-state index contributed by atoms with van der Waals surface area (Å²) < 4.78 is 0. The zero-order valence-electron chi connectivity index (χ0n) is 8.21. The van der Waals surface area contributed by atoms with E-state index in [9.17, 15) is 20.0 Å². The molecule has 0 amide bonds. The molecule has 0 heterocycles. The highest BCUT2D eigenvalue weighted by Gasteiger charge is 2.20. The highest BCUT2D eigenvalue weighted by molar-refractivity contribution is 5.76. The minimum Gasteiger partial charge on any atom is -0.388 e. The maximum atomic E-state index is 10.8. The quantitative estimate of drug-likeness (QED) is 0.603. The number of Topliss-reactive ketones (excluding diaryl/α,β-unsaturated/α-hetero) is 1. The van der Waals surface area contributed by atoms with E-state index in [2.05, 4.69) is 0 Å². The largest absolute Gasteiger partial charge is 0.388 e. The first kappa shape index (κ1) is 11.3. The molecule has 1 rings (SSSR count). The van der Waals surface area contributed by atoms with Crippen molar-refractivity contribution in [1.82, 2.24) is 0 Å². The molecule has 15 heavy (non-hydrogen) atoms. The molecule has 0 radical (unpaired) electrons. The Hall–Kier alpha value is -1.75. The number of benzene rings is 1. The molecule has 0 saturated carbocycles. The molecule has 0 aliphatic heterocycles. The van der Waals surface area contributed by atoms with Crippen molar-refractivity contribution in [1.29, 1.82) is 0 Å². The van der Waals surface area contributed by atoms with E-state index in [0.717, 1.165) is 0 Å². The molecule has 0 unspecified atom stereocenters. The van der Waals surface area contributed by atoms with Crippen LogP contribution in [0.25, 0.3) is 0 Å². The lowest BCUT2D eigenvalue weighted by atomic mass is 10.0. The van der Waals surface area contributed by atoms with Gasteiger partial charge in [-0.05, 0) is 13.0 Å². The standard InChI is InChI=1S/C10H11NO4/c1-7(12)6-10(13)8-4-2-3-5-9(8)11(14)15/h2-5,10,13H,6H2,1H3/t10-/m0/s1. The first-order chi connectivity index (χ1) is 7.02. The first-order valence-corrected chi connectivity index (χ1v) is 4.43. The predicted molar refractivity (Wildman–Crippen MR) is 53.4 cm³/mol. The van der Waals surface area contributed by atoms with Gasteiger partial charge in [0.2, 0.25) is 0 Å². The lowest BCUT2D eigenvalue weighted by Crippen LogP contribution is -2.06. The number of para-hydroxylation sites is 1. The van der Waals surface area contributed by atoms with Crippen molar-refractivity contribution in [3.8, 4) is 0 Å². The third-order valence-electron chi connectivity index (χ3n) is 1.97. The summed E-state index contributed by atoms with van der Waals surface area (Å²) in [5.74, 6) is -0.208. The molecule has 0 aliphatic rings. The van der Waals surface area contributed by atoms with Crippen LogP contribution in [0.5, 0.6) is 0 Å². The molecule has 1 aromatic carbocycles. The number of nitro benzene ring substituents is 1. The molecule has 0 aromatic heterocycles. The van der Waals surface area contributed by atoms with Crippen molar-refractivity contribution in [2.24, 2.45) is 0 Å². The fraction of sp³-hybridized carbons (Fsp3) is 0.300. The summed E-state index contributed by atoms with van der Waals surface area (Å²) in [6.07, 6.45) is -1.21. The number of hydrogen-bond acceptors (Lipinski definition) is 4. The van der Waals surface area contributed by atoms with Crippen LogP contribution in [-0.2, 0) is 4.79 Å². The van der Waals surface area contributed by atoms with E-state index >= 15 is 0 Å². The molecule has 0 saturated heterocycles. The van der Waals surface area contributed by atoms with Crippen LogP contribution in [0.4, 0.5) is 5.69 Å². The Bertz CT molecular complexity index is 389. The molecule has 0 spiro atoms. The minimum absolute atomic E-state index is 0.106. The minimum atomic E-state index is -1.11. The number of nitrogens with zero attached hydrogens (tertiary/aromatic N) is 1. The van der Waals surface area contributed by atoms with Gasteiger partial charge in [-0.3, -0.25) is 14.9 Å². The maximum absolute atomic E-state index is 10.8. The van der Waals surface area contributed by atoms with E-state index in [1.807, 2.05) is 0 Å². The van der Waals surface area contributed by atoms with Crippen molar-refractivity contribution in [2.75, 3.05) is 0 Å². The Morgan fingerprint density at radius 1 is 1.53 bits per heavy atom. The number of ketones is 1. The van der Waals surface area contributed by atoms with Crippen molar-refractivity contribution >= 4 is 11.5 Å². The summed E-state index contributed by atoms with van der Waals surface area (Å²) in [4.78, 5) is 20.8. The Balaban J connectivity index is 3.02. The molecule has 0 fully saturated rings. The summed E-state index contributed by atoms with van der Waals surface area (Å²) >= 11 is 0. The number of carbonyl (C=O) groups is 1. The fourth-order valence-electron chi connectivity index (χ4n) is 1.32. The van der Waals surface area contributed by atoms with Gasteiger partial charge in [-0.1, -0.05) is 12.1 Å². The topological polar surface area (TPSA) is 80.4 Å². The van der Waals surface area contributed by atoms with E-state index in [1.165, 1.54) is 25.1 Å². The smallest absolute Gasteiger partial charge is 0.275 e. The number of carbonyl (C=O) groups excluding carboxylic acids is 1. The molecule has 1 N–H and O–H groups in total. The Morgan fingerprint density at radius 2 is 2.13 bits per heavy atom. The van der Waals surface area contributed by atoms with Gasteiger partial charge in [0.25, 0.3) is 5.69 Å². The van der Waals surface area contributed by atoms with Gasteiger partial charge >= 0.3 is 0 Å². The molecule has 1 atom stereocenters. The van der Waals surface area contributed by atoms with Crippen LogP contribution < -0.4 is 0 Å². The van der Waals surface area contributed by atoms with Gasteiger partial charge in [0.1, 0.15) is 5.78 Å². The van der Waals surface area contributed by atoms with Crippen LogP contribution >= 0.6 is 0 Å². The highest BCUT2D eigenvalue weighted by atomic mass is 16.6. The third kappa shape index (κ3) is 2.85. The molecule has 80 valence electrons. The summed E-state index contributed by atoms with van der Waals surface area (Å²) in [7, 11) is 0. The first-order valence-electron chi connectivity index (χ1n) is 4.43. The van der Waals surface area contributed by atoms with Crippen molar-refractivity contribution in [2.45, 2.75) is 19.4 Å². The molecule has 5 heteroatoms. The summed E-state index contributed by atoms with van der Waals surface area (Å²) in [6, 6.07) is 5.86. The van der Waals surface area contributed by atoms with Crippen LogP contribution in [0.3, 0.4) is 0 Å². The lowest BCUT2D eigenvalue weighted by Gasteiger charge is -2.08. The van der Waals surface area contributed by atoms with Gasteiger partial charge in [-0.15, -0.1) is 0 Å². The normalized spacial score (nSPS) is 12.1. The average molecular weight is 209 g/mol. The lowest BCUT2D eigenvalue weighted by molar-refractivity contribution is -0.386. The van der Waals surface area contributed by atoms with Crippen molar-refractivity contribution in [3.05, 3.63) is 39.9 Å². The molecule has 0 aliphatic carbocycles. The summed E-state index contributed by atoms with van der Waals surface area (Å²) in [5.41, 5.74) is 0.0175. The van der Waals surface area contributed by atoms with Crippen LogP contribution in [0.1, 0.15) is 25.0 Å². The molecule has 5 nitrogen and oxygen atoms in total. The van der Waals surface area contributed by atoms with E-state index < -0.39 is 11.0 Å². The van der Waals surface area contributed by atoms with Crippen molar-refractivity contribution < 1.29 is 14.8 Å². The highest BCUT2D eigenvalue weighted by Crippen LogP contribution is 2.26. The van der Waals surface area contributed by atoms with Crippen LogP contribution in [0, 0.1) is 10.1 Å². The zero-order chi connectivity index (χ0) is 11.4. The number of aliphatic hydroxyl groups excluding tert-OH is 1. The van der Waals surface area contributed by atoms with Gasteiger partial charge in [0.15, 0.2) is 0 Å². The number of hydrogen-bond donors (Lipinski definition) is 1. The fourth-order valence-corrected chi connectivity index (χ4v) is 1.32. The van der Waals surface area contributed by atoms with E-state index in [1.54, 1.807) is 6.07 Å². The van der Waals surface area contributed by atoms with Crippen molar-refractivity contribution in [3.63, 3.8) is 0 Å².